The molecule has 0 saturated heterocycles. The average Bonchev–Trinajstić information content (AvgIpc) is 2.79. The van der Waals surface area contributed by atoms with E-state index in [9.17, 15) is 4.39 Å². The molecular weight excluding hydrogens is 509 g/mol. The average molecular weight is 542 g/mol. The van der Waals surface area contributed by atoms with Crippen molar-refractivity contribution in [1.82, 2.24) is 0 Å². The van der Waals surface area contributed by atoms with E-state index in [1.807, 2.05) is 45.9 Å². The first-order chi connectivity index (χ1) is 16.6. The Kier molecular flexibility index (Phi) is 7.84. The number of rotatable bonds is 8. The lowest BCUT2D eigenvalue weighted by Crippen LogP contribution is -2.51. The Balaban J connectivity index is 1.59. The van der Waals surface area contributed by atoms with Gasteiger partial charge in [0.2, 0.25) is 0 Å². The smallest absolute Gasteiger partial charge is 0.132 e. The zero-order valence-corrected chi connectivity index (χ0v) is 22.5. The van der Waals surface area contributed by atoms with Crippen molar-refractivity contribution in [2.24, 2.45) is 0 Å². The molecule has 0 amide bonds. The Bertz CT molecular complexity index is 1160. The Morgan fingerprint density at radius 3 is 2.49 bits per heavy atom. The van der Waals surface area contributed by atoms with Crippen molar-refractivity contribution in [3.05, 3.63) is 93.2 Å². The standard InChI is InChI=1S/C29H33BrFNO3/c1-18(2)34-27-24-15-23(32-16-20-8-6-19(3)7-9-20)12-13-26(24)35-29(4,5)28(27)33-17-21-10-11-22(30)14-25(21)31/h6-15,18,27-28,32H,16-17H2,1-5H3. The third-order valence-corrected chi connectivity index (χ3v) is 6.61. The molecule has 2 atom stereocenters. The van der Waals surface area contributed by atoms with E-state index in [-0.39, 0.29) is 24.6 Å². The molecule has 0 saturated carbocycles. The van der Waals surface area contributed by atoms with Crippen molar-refractivity contribution in [3.63, 3.8) is 0 Å². The van der Waals surface area contributed by atoms with Crippen LogP contribution in [0.2, 0.25) is 0 Å². The molecule has 0 radical (unpaired) electrons. The van der Waals surface area contributed by atoms with Gasteiger partial charge in [-0.15, -0.1) is 0 Å². The Morgan fingerprint density at radius 2 is 1.80 bits per heavy atom. The highest BCUT2D eigenvalue weighted by molar-refractivity contribution is 9.10. The van der Waals surface area contributed by atoms with Gasteiger partial charge in [0.25, 0.3) is 0 Å². The number of hydrogen-bond acceptors (Lipinski definition) is 4. The summed E-state index contributed by atoms with van der Waals surface area (Å²) in [5.74, 6) is 0.467. The van der Waals surface area contributed by atoms with E-state index < -0.39 is 11.7 Å². The van der Waals surface area contributed by atoms with Crippen molar-refractivity contribution >= 4 is 21.6 Å². The van der Waals surface area contributed by atoms with Crippen LogP contribution in [-0.4, -0.2) is 17.8 Å². The minimum atomic E-state index is -0.671. The number of aryl methyl sites for hydroxylation is 1. The molecule has 4 nitrogen and oxygen atoms in total. The van der Waals surface area contributed by atoms with Gasteiger partial charge < -0.3 is 19.5 Å². The van der Waals surface area contributed by atoms with Gasteiger partial charge in [0.15, 0.2) is 0 Å². The van der Waals surface area contributed by atoms with Crippen LogP contribution in [0.4, 0.5) is 10.1 Å². The minimum absolute atomic E-state index is 0.0264. The molecule has 186 valence electrons. The van der Waals surface area contributed by atoms with Crippen molar-refractivity contribution in [2.45, 2.75) is 71.7 Å². The summed E-state index contributed by atoms with van der Waals surface area (Å²) in [7, 11) is 0. The highest BCUT2D eigenvalue weighted by atomic mass is 79.9. The van der Waals surface area contributed by atoms with E-state index in [1.165, 1.54) is 17.2 Å². The molecule has 3 aromatic carbocycles. The molecule has 0 fully saturated rings. The number of anilines is 1. The molecule has 2 unspecified atom stereocenters. The molecule has 0 aliphatic carbocycles. The first-order valence-electron chi connectivity index (χ1n) is 12.0. The van der Waals surface area contributed by atoms with Gasteiger partial charge in [0, 0.05) is 27.8 Å². The quantitative estimate of drug-likeness (QED) is 0.316. The van der Waals surface area contributed by atoms with E-state index in [4.69, 9.17) is 14.2 Å². The van der Waals surface area contributed by atoms with Crippen LogP contribution in [0.1, 0.15) is 56.1 Å². The normalized spacial score (nSPS) is 18.7. The molecule has 4 rings (SSSR count). The summed E-state index contributed by atoms with van der Waals surface area (Å²) in [6.45, 7) is 10.9. The molecule has 3 aromatic rings. The number of hydrogen-bond donors (Lipinski definition) is 1. The predicted octanol–water partition coefficient (Wildman–Crippen LogP) is 7.73. The van der Waals surface area contributed by atoms with Crippen LogP contribution in [-0.2, 0) is 22.6 Å². The summed E-state index contributed by atoms with van der Waals surface area (Å²) < 4.78 is 34.3. The van der Waals surface area contributed by atoms with Crippen molar-refractivity contribution in [2.75, 3.05) is 5.32 Å². The summed E-state index contributed by atoms with van der Waals surface area (Å²) in [6, 6.07) is 19.6. The molecule has 1 heterocycles. The topological polar surface area (TPSA) is 39.7 Å². The molecule has 0 bridgehead atoms. The summed E-state index contributed by atoms with van der Waals surface area (Å²) in [4.78, 5) is 0. The monoisotopic (exact) mass is 541 g/mol. The van der Waals surface area contributed by atoms with Crippen LogP contribution >= 0.6 is 15.9 Å². The number of nitrogens with one attached hydrogen (secondary N) is 1. The van der Waals surface area contributed by atoms with Gasteiger partial charge in [0.1, 0.15) is 29.4 Å². The minimum Gasteiger partial charge on any atom is -0.485 e. The highest BCUT2D eigenvalue weighted by Gasteiger charge is 2.46. The fourth-order valence-corrected chi connectivity index (χ4v) is 4.63. The van der Waals surface area contributed by atoms with Gasteiger partial charge in [0.05, 0.1) is 12.7 Å². The highest BCUT2D eigenvalue weighted by Crippen LogP contribution is 2.45. The van der Waals surface area contributed by atoms with E-state index in [2.05, 4.69) is 58.5 Å². The lowest BCUT2D eigenvalue weighted by molar-refractivity contribution is -0.177. The van der Waals surface area contributed by atoms with Crippen molar-refractivity contribution in [3.8, 4) is 5.75 Å². The predicted molar refractivity (Wildman–Crippen MR) is 141 cm³/mol. The summed E-state index contributed by atoms with van der Waals surface area (Å²) >= 11 is 3.31. The summed E-state index contributed by atoms with van der Waals surface area (Å²) in [5, 5.41) is 3.50. The Morgan fingerprint density at radius 1 is 1.06 bits per heavy atom. The zero-order chi connectivity index (χ0) is 25.2. The van der Waals surface area contributed by atoms with E-state index in [0.29, 0.717) is 16.6 Å². The second-order valence-electron chi connectivity index (χ2n) is 9.87. The van der Waals surface area contributed by atoms with Crippen molar-refractivity contribution in [1.29, 1.82) is 0 Å². The van der Waals surface area contributed by atoms with Gasteiger partial charge in [-0.3, -0.25) is 0 Å². The van der Waals surface area contributed by atoms with E-state index in [1.54, 1.807) is 6.07 Å². The second-order valence-corrected chi connectivity index (χ2v) is 10.8. The van der Waals surface area contributed by atoms with Crippen LogP contribution in [0.3, 0.4) is 0 Å². The maximum absolute atomic E-state index is 14.5. The lowest BCUT2D eigenvalue weighted by atomic mass is 9.87. The fraction of sp³-hybridized carbons (Fsp3) is 0.379. The Hall–Kier alpha value is -2.41. The summed E-state index contributed by atoms with van der Waals surface area (Å²) in [6.07, 6.45) is -0.831. The molecule has 0 spiro atoms. The first kappa shape index (κ1) is 25.7. The maximum Gasteiger partial charge on any atom is 0.132 e. The molecule has 1 N–H and O–H groups in total. The molecule has 1 aliphatic rings. The first-order valence-corrected chi connectivity index (χ1v) is 12.7. The second kappa shape index (κ2) is 10.7. The van der Waals surface area contributed by atoms with Gasteiger partial charge in [-0.25, -0.2) is 4.39 Å². The van der Waals surface area contributed by atoms with Gasteiger partial charge in [-0.05, 0) is 70.5 Å². The van der Waals surface area contributed by atoms with Gasteiger partial charge in [-0.1, -0.05) is 51.8 Å². The van der Waals surface area contributed by atoms with Crippen LogP contribution in [0.25, 0.3) is 0 Å². The zero-order valence-electron chi connectivity index (χ0n) is 20.9. The van der Waals surface area contributed by atoms with E-state index >= 15 is 0 Å². The third-order valence-electron chi connectivity index (χ3n) is 6.12. The lowest BCUT2D eigenvalue weighted by Gasteiger charge is -2.45. The van der Waals surface area contributed by atoms with E-state index in [0.717, 1.165) is 17.0 Å². The van der Waals surface area contributed by atoms with Crippen LogP contribution < -0.4 is 10.1 Å². The Labute approximate surface area is 215 Å². The van der Waals surface area contributed by atoms with Gasteiger partial charge in [-0.2, -0.15) is 0 Å². The molecule has 0 aromatic heterocycles. The summed E-state index contributed by atoms with van der Waals surface area (Å²) in [5.41, 5.74) is 4.17. The number of benzene rings is 3. The van der Waals surface area contributed by atoms with Gasteiger partial charge >= 0.3 is 0 Å². The SMILES string of the molecule is Cc1ccc(CNc2ccc3c(c2)C(OC(C)C)C(OCc2ccc(Br)cc2F)C(C)(C)O3)cc1. The molecule has 6 heteroatoms. The van der Waals surface area contributed by atoms with Crippen LogP contribution in [0.5, 0.6) is 5.75 Å². The number of halogens is 2. The molecule has 1 aliphatic heterocycles. The maximum atomic E-state index is 14.5. The third kappa shape index (κ3) is 6.24. The van der Waals surface area contributed by atoms with Crippen molar-refractivity contribution < 1.29 is 18.6 Å². The van der Waals surface area contributed by atoms with Crippen LogP contribution in [0.15, 0.2) is 65.1 Å². The molecule has 35 heavy (non-hydrogen) atoms. The fourth-order valence-electron chi connectivity index (χ4n) is 4.30. The number of ether oxygens (including phenoxy) is 3. The van der Waals surface area contributed by atoms with Crippen LogP contribution in [0, 0.1) is 12.7 Å². The largest absolute Gasteiger partial charge is 0.485 e. The number of fused-ring (bicyclic) bond motifs is 1. The molecular formula is C29H33BrFNO3.